The lowest BCUT2D eigenvalue weighted by Crippen LogP contribution is -2.42. The first-order valence-electron chi connectivity index (χ1n) is 8.18. The van der Waals surface area contributed by atoms with Gasteiger partial charge < -0.3 is 15.2 Å². The zero-order valence-corrected chi connectivity index (χ0v) is 14.1. The Balaban J connectivity index is 1.61. The summed E-state index contributed by atoms with van der Waals surface area (Å²) in [5.74, 6) is -2.37. The van der Waals surface area contributed by atoms with Crippen LogP contribution in [0.25, 0.3) is 0 Å². The molecule has 10 nitrogen and oxygen atoms in total. The van der Waals surface area contributed by atoms with Crippen LogP contribution in [-0.2, 0) is 9.63 Å². The van der Waals surface area contributed by atoms with Crippen LogP contribution in [0.15, 0.2) is 29.5 Å². The summed E-state index contributed by atoms with van der Waals surface area (Å²) in [7, 11) is 0. The molecule has 0 aliphatic carbocycles. The van der Waals surface area contributed by atoms with Crippen molar-refractivity contribution in [3.05, 3.63) is 40.6 Å². The van der Waals surface area contributed by atoms with Gasteiger partial charge in [-0.15, -0.1) is 5.01 Å². The Labute approximate surface area is 148 Å². The van der Waals surface area contributed by atoms with E-state index in [9.17, 15) is 19.6 Å². The molecule has 1 saturated heterocycles. The highest BCUT2D eigenvalue weighted by molar-refractivity contribution is 6.21. The largest absolute Gasteiger partial charge is 0.569 e. The Bertz CT molecular complexity index is 737. The topological polar surface area (TPSA) is 126 Å². The van der Waals surface area contributed by atoms with Crippen molar-refractivity contribution in [3.63, 3.8) is 0 Å². The molecule has 0 saturated carbocycles. The molecule has 0 spiro atoms. The SMILES string of the molecule is CC(O/N=[N+](\[O-])N1CCC(C(=O)O)CC1)N1C(=O)c2ccccc2C1=O. The molecule has 2 aliphatic rings. The normalized spacial score (nSPS) is 19.5. The second-order valence-corrected chi connectivity index (χ2v) is 6.13. The number of hydrogen-bond acceptors (Lipinski definition) is 6. The molecule has 0 aromatic heterocycles. The van der Waals surface area contributed by atoms with Crippen molar-refractivity contribution in [2.45, 2.75) is 26.0 Å². The van der Waals surface area contributed by atoms with Crippen LogP contribution in [-0.4, -0.2) is 57.1 Å². The van der Waals surface area contributed by atoms with Crippen LogP contribution < -0.4 is 0 Å². The van der Waals surface area contributed by atoms with Gasteiger partial charge >= 0.3 is 5.97 Å². The number of carbonyl (C=O) groups is 3. The van der Waals surface area contributed by atoms with E-state index in [-0.39, 0.29) is 29.2 Å². The maximum absolute atomic E-state index is 12.3. The lowest BCUT2D eigenvalue weighted by Gasteiger charge is -2.26. The predicted molar refractivity (Wildman–Crippen MR) is 85.5 cm³/mol. The second kappa shape index (κ2) is 6.98. The lowest BCUT2D eigenvalue weighted by molar-refractivity contribution is -0.714. The number of benzene rings is 1. The van der Waals surface area contributed by atoms with E-state index in [1.54, 1.807) is 24.3 Å². The van der Waals surface area contributed by atoms with Gasteiger partial charge in [0.05, 0.1) is 35.1 Å². The minimum absolute atomic E-state index is 0.229. The molecule has 26 heavy (non-hydrogen) atoms. The molecule has 1 aromatic carbocycles. The zero-order valence-electron chi connectivity index (χ0n) is 14.1. The van der Waals surface area contributed by atoms with Crippen LogP contribution in [0, 0.1) is 11.1 Å². The Morgan fingerprint density at radius 3 is 2.31 bits per heavy atom. The first kappa shape index (κ1) is 17.6. The summed E-state index contributed by atoms with van der Waals surface area (Å²) in [6, 6.07) is 6.41. The highest BCUT2D eigenvalue weighted by Gasteiger charge is 2.39. The molecule has 1 aromatic rings. The monoisotopic (exact) mass is 362 g/mol. The molecule has 0 bridgehead atoms. The molecule has 10 heteroatoms. The van der Waals surface area contributed by atoms with Crippen molar-refractivity contribution in [1.82, 2.24) is 9.91 Å². The third-order valence-electron chi connectivity index (χ3n) is 4.52. The number of carboxylic acids is 1. The summed E-state index contributed by atoms with van der Waals surface area (Å²) in [6.07, 6.45) is -0.398. The molecular formula is C16H18N4O6. The fourth-order valence-electron chi connectivity index (χ4n) is 3.03. The first-order valence-corrected chi connectivity index (χ1v) is 8.18. The van der Waals surface area contributed by atoms with E-state index in [1.807, 2.05) is 0 Å². The van der Waals surface area contributed by atoms with E-state index in [0.29, 0.717) is 12.8 Å². The number of fused-ring (bicyclic) bond motifs is 1. The Morgan fingerprint density at radius 1 is 1.27 bits per heavy atom. The average molecular weight is 362 g/mol. The second-order valence-electron chi connectivity index (χ2n) is 6.13. The standard InChI is InChI=1S/C16H18N4O6/c1-10(19-14(21)12-4-2-3-5-13(12)15(19)22)26-17-20(25)18-8-6-11(7-9-18)16(23)24/h2-5,10-11H,6-9H2,1H3,(H,23,24)/b20-17-. The Kier molecular flexibility index (Phi) is 4.74. The van der Waals surface area contributed by atoms with Gasteiger partial charge in [-0.3, -0.25) is 14.4 Å². The van der Waals surface area contributed by atoms with Crippen LogP contribution in [0.3, 0.4) is 0 Å². The fourth-order valence-corrected chi connectivity index (χ4v) is 3.03. The number of hydrazine groups is 1. The number of nitrogens with zero attached hydrogens (tertiary/aromatic N) is 4. The van der Waals surface area contributed by atoms with E-state index < -0.39 is 29.9 Å². The number of hydrogen-bond donors (Lipinski definition) is 1. The summed E-state index contributed by atoms with van der Waals surface area (Å²) in [5, 5.41) is 25.7. The number of amides is 2. The van der Waals surface area contributed by atoms with Crippen molar-refractivity contribution in [1.29, 1.82) is 0 Å². The number of piperidine rings is 1. The summed E-state index contributed by atoms with van der Waals surface area (Å²) in [4.78, 5) is 41.7. The summed E-state index contributed by atoms with van der Waals surface area (Å²) in [6.45, 7) is 1.90. The van der Waals surface area contributed by atoms with E-state index in [0.717, 1.165) is 4.90 Å². The Hall–Kier alpha value is -3.17. The minimum atomic E-state index is -1.06. The number of carbonyl (C=O) groups excluding carboxylic acids is 2. The van der Waals surface area contributed by atoms with Gasteiger partial charge in [0.25, 0.3) is 11.8 Å². The van der Waals surface area contributed by atoms with Crippen molar-refractivity contribution in [2.75, 3.05) is 13.1 Å². The Morgan fingerprint density at radius 2 is 1.81 bits per heavy atom. The van der Waals surface area contributed by atoms with Crippen molar-refractivity contribution in [2.24, 2.45) is 11.2 Å². The third-order valence-corrected chi connectivity index (χ3v) is 4.52. The smallest absolute Gasteiger partial charge is 0.306 e. The maximum Gasteiger partial charge on any atom is 0.306 e. The molecule has 0 radical (unpaired) electrons. The van der Waals surface area contributed by atoms with Gasteiger partial charge in [0.1, 0.15) is 0 Å². The first-order chi connectivity index (χ1) is 12.4. The van der Waals surface area contributed by atoms with E-state index in [1.165, 1.54) is 11.9 Å². The molecule has 2 heterocycles. The number of aliphatic carboxylic acids is 1. The predicted octanol–water partition coefficient (Wildman–Crippen LogP) is 1.23. The number of rotatable bonds is 5. The van der Waals surface area contributed by atoms with E-state index in [2.05, 4.69) is 5.28 Å². The fraction of sp³-hybridized carbons (Fsp3) is 0.438. The molecular weight excluding hydrogens is 344 g/mol. The van der Waals surface area contributed by atoms with Gasteiger partial charge in [0.15, 0.2) is 0 Å². The molecule has 1 unspecified atom stereocenters. The van der Waals surface area contributed by atoms with Gasteiger partial charge in [0.2, 0.25) is 11.5 Å². The quantitative estimate of drug-likeness (QED) is 0.361. The van der Waals surface area contributed by atoms with Gasteiger partial charge in [-0.05, 0) is 31.9 Å². The maximum atomic E-state index is 12.3. The number of carboxylic acid groups (broad SMARTS) is 1. The van der Waals surface area contributed by atoms with Crippen LogP contribution in [0.1, 0.15) is 40.5 Å². The van der Waals surface area contributed by atoms with Gasteiger partial charge in [-0.25, -0.2) is 4.90 Å². The zero-order chi connectivity index (χ0) is 18.8. The van der Waals surface area contributed by atoms with Gasteiger partial charge in [-0.2, -0.15) is 0 Å². The summed E-state index contributed by atoms with van der Waals surface area (Å²) >= 11 is 0. The van der Waals surface area contributed by atoms with Crippen molar-refractivity contribution < 1.29 is 29.3 Å². The average Bonchev–Trinajstić information content (AvgIpc) is 2.90. The van der Waals surface area contributed by atoms with Gasteiger partial charge in [0, 0.05) is 0 Å². The van der Waals surface area contributed by atoms with Crippen molar-refractivity contribution in [3.8, 4) is 0 Å². The van der Waals surface area contributed by atoms with Crippen LogP contribution in [0.2, 0.25) is 0 Å². The third kappa shape index (κ3) is 3.17. The highest BCUT2D eigenvalue weighted by atomic mass is 16.7. The van der Waals surface area contributed by atoms with E-state index in [4.69, 9.17) is 9.94 Å². The summed E-state index contributed by atoms with van der Waals surface area (Å²) < 4.78 is 0. The van der Waals surface area contributed by atoms with E-state index >= 15 is 0 Å². The molecule has 2 aliphatic heterocycles. The molecule has 2 amide bonds. The minimum Gasteiger partial charge on any atom is -0.569 e. The van der Waals surface area contributed by atoms with Gasteiger partial charge in [-0.1, -0.05) is 12.1 Å². The highest BCUT2D eigenvalue weighted by Crippen LogP contribution is 2.25. The summed E-state index contributed by atoms with van der Waals surface area (Å²) in [5.41, 5.74) is 0.561. The molecule has 1 atom stereocenters. The lowest BCUT2D eigenvalue weighted by atomic mass is 9.98. The molecule has 1 fully saturated rings. The van der Waals surface area contributed by atoms with Crippen LogP contribution >= 0.6 is 0 Å². The molecule has 1 N–H and O–H groups in total. The van der Waals surface area contributed by atoms with Crippen LogP contribution in [0.4, 0.5) is 0 Å². The van der Waals surface area contributed by atoms with Crippen LogP contribution in [0.5, 0.6) is 0 Å². The molecule has 138 valence electrons. The van der Waals surface area contributed by atoms with Crippen molar-refractivity contribution >= 4 is 17.8 Å². The number of imide groups is 1. The molecule has 3 rings (SSSR count).